The van der Waals surface area contributed by atoms with E-state index in [9.17, 15) is 4.39 Å². The quantitative estimate of drug-likeness (QED) is 0.702. The van der Waals surface area contributed by atoms with Crippen LogP contribution in [0.15, 0.2) is 24.3 Å². The van der Waals surface area contributed by atoms with E-state index in [4.69, 9.17) is 5.73 Å². The van der Waals surface area contributed by atoms with E-state index in [1.54, 1.807) is 6.07 Å². The number of halogens is 1. The molecule has 2 heterocycles. The topological polar surface area (TPSA) is 30.9 Å². The minimum Gasteiger partial charge on any atom is -0.326 e. The van der Waals surface area contributed by atoms with Gasteiger partial charge in [-0.05, 0) is 31.4 Å². The molecule has 1 aliphatic rings. The van der Waals surface area contributed by atoms with Crippen molar-refractivity contribution in [2.45, 2.75) is 25.4 Å². The molecule has 78 valence electrons. The zero-order chi connectivity index (χ0) is 10.4. The largest absolute Gasteiger partial charge is 0.326 e. The molecule has 0 bridgehead atoms. The highest BCUT2D eigenvalue weighted by molar-refractivity contribution is 5.82. The van der Waals surface area contributed by atoms with Crippen LogP contribution in [-0.2, 0) is 6.42 Å². The maximum absolute atomic E-state index is 13.7. The second-order valence-corrected chi connectivity index (χ2v) is 4.14. The lowest BCUT2D eigenvalue weighted by Gasteiger charge is -2.23. The molecule has 1 aromatic carbocycles. The van der Waals surface area contributed by atoms with Crippen molar-refractivity contribution >= 4 is 10.9 Å². The number of fused-ring (bicyclic) bond motifs is 3. The molecule has 1 aliphatic heterocycles. The Balaban J connectivity index is 2.38. The van der Waals surface area contributed by atoms with Crippen LogP contribution in [-0.4, -0.2) is 4.57 Å². The third-order valence-corrected chi connectivity index (χ3v) is 3.15. The van der Waals surface area contributed by atoms with Gasteiger partial charge in [0, 0.05) is 11.1 Å². The maximum Gasteiger partial charge on any atom is 0.147 e. The first-order chi connectivity index (χ1) is 7.27. The summed E-state index contributed by atoms with van der Waals surface area (Å²) in [6.07, 6.45) is 2.97. The minimum absolute atomic E-state index is 0.0665. The van der Waals surface area contributed by atoms with Crippen molar-refractivity contribution in [3.05, 3.63) is 35.8 Å². The van der Waals surface area contributed by atoms with Crippen LogP contribution in [0.5, 0.6) is 0 Å². The SMILES string of the molecule is NC1CCCc2cc3cccc(F)c3n21. The molecule has 1 atom stereocenters. The highest BCUT2D eigenvalue weighted by Gasteiger charge is 2.20. The molecule has 0 aliphatic carbocycles. The third kappa shape index (κ3) is 1.20. The lowest BCUT2D eigenvalue weighted by molar-refractivity contribution is 0.421. The van der Waals surface area contributed by atoms with Gasteiger partial charge in [-0.15, -0.1) is 0 Å². The molecule has 0 saturated heterocycles. The van der Waals surface area contributed by atoms with Gasteiger partial charge in [-0.25, -0.2) is 4.39 Å². The van der Waals surface area contributed by atoms with Crippen LogP contribution in [0.4, 0.5) is 4.39 Å². The summed E-state index contributed by atoms with van der Waals surface area (Å²) in [6.45, 7) is 0. The molecule has 3 heteroatoms. The van der Waals surface area contributed by atoms with Gasteiger partial charge in [-0.3, -0.25) is 0 Å². The van der Waals surface area contributed by atoms with Gasteiger partial charge in [0.15, 0.2) is 0 Å². The first-order valence-electron chi connectivity index (χ1n) is 5.31. The Morgan fingerprint density at radius 1 is 1.40 bits per heavy atom. The van der Waals surface area contributed by atoms with Crippen molar-refractivity contribution in [2.24, 2.45) is 5.73 Å². The number of aromatic nitrogens is 1. The average molecular weight is 204 g/mol. The van der Waals surface area contributed by atoms with Gasteiger partial charge in [0.25, 0.3) is 0 Å². The highest BCUT2D eigenvalue weighted by atomic mass is 19.1. The second kappa shape index (κ2) is 3.07. The van der Waals surface area contributed by atoms with Crippen molar-refractivity contribution < 1.29 is 4.39 Å². The number of benzene rings is 1. The number of nitrogens with zero attached hydrogens (tertiary/aromatic N) is 1. The molecule has 0 fully saturated rings. The standard InChI is InChI=1S/C12H13FN2/c13-10-5-1-3-8-7-9-4-2-6-11(14)15(9)12(8)10/h1,3,5,7,11H,2,4,6,14H2. The summed E-state index contributed by atoms with van der Waals surface area (Å²) < 4.78 is 15.7. The monoisotopic (exact) mass is 204 g/mol. The summed E-state index contributed by atoms with van der Waals surface area (Å²) >= 11 is 0. The van der Waals surface area contributed by atoms with E-state index < -0.39 is 0 Å². The Kier molecular flexibility index (Phi) is 1.83. The molecule has 2 aromatic rings. The van der Waals surface area contributed by atoms with E-state index in [1.165, 1.54) is 6.07 Å². The molecule has 1 unspecified atom stereocenters. The maximum atomic E-state index is 13.7. The summed E-state index contributed by atoms with van der Waals surface area (Å²) in [7, 11) is 0. The Hall–Kier alpha value is -1.35. The minimum atomic E-state index is -0.170. The van der Waals surface area contributed by atoms with Crippen LogP contribution in [0.25, 0.3) is 10.9 Å². The molecule has 3 rings (SSSR count). The van der Waals surface area contributed by atoms with Crippen molar-refractivity contribution in [1.29, 1.82) is 0 Å². The number of hydrogen-bond acceptors (Lipinski definition) is 1. The van der Waals surface area contributed by atoms with Gasteiger partial charge < -0.3 is 10.3 Å². The molecule has 2 N–H and O–H groups in total. The van der Waals surface area contributed by atoms with Gasteiger partial charge in [0.05, 0.1) is 11.7 Å². The Morgan fingerprint density at radius 2 is 2.27 bits per heavy atom. The molecule has 0 spiro atoms. The van der Waals surface area contributed by atoms with Gasteiger partial charge in [-0.1, -0.05) is 12.1 Å². The van der Waals surface area contributed by atoms with E-state index in [1.807, 2.05) is 10.6 Å². The van der Waals surface area contributed by atoms with Gasteiger partial charge >= 0.3 is 0 Å². The predicted molar refractivity (Wildman–Crippen MR) is 58.1 cm³/mol. The van der Waals surface area contributed by atoms with E-state index in [2.05, 4.69) is 6.07 Å². The van der Waals surface area contributed by atoms with Crippen LogP contribution in [0.3, 0.4) is 0 Å². The Labute approximate surface area is 87.5 Å². The van der Waals surface area contributed by atoms with E-state index in [0.717, 1.165) is 30.3 Å². The summed E-state index contributed by atoms with van der Waals surface area (Å²) in [5.41, 5.74) is 7.85. The number of aryl methyl sites for hydroxylation is 1. The molecular formula is C12H13FN2. The smallest absolute Gasteiger partial charge is 0.147 e. The lowest BCUT2D eigenvalue weighted by Crippen LogP contribution is -2.24. The zero-order valence-electron chi connectivity index (χ0n) is 8.41. The van der Waals surface area contributed by atoms with Crippen LogP contribution in [0, 0.1) is 5.82 Å². The van der Waals surface area contributed by atoms with Crippen molar-refractivity contribution in [3.63, 3.8) is 0 Å². The summed E-state index contributed by atoms with van der Waals surface area (Å²) in [6, 6.07) is 7.24. The van der Waals surface area contributed by atoms with E-state index in [-0.39, 0.29) is 12.0 Å². The fraction of sp³-hybridized carbons (Fsp3) is 0.333. The van der Waals surface area contributed by atoms with Crippen LogP contribution in [0.2, 0.25) is 0 Å². The lowest BCUT2D eigenvalue weighted by atomic mass is 10.1. The Morgan fingerprint density at radius 3 is 3.13 bits per heavy atom. The molecule has 1 aromatic heterocycles. The number of hydrogen-bond donors (Lipinski definition) is 1. The van der Waals surface area contributed by atoms with Crippen LogP contribution < -0.4 is 5.73 Å². The van der Waals surface area contributed by atoms with Gasteiger partial charge in [-0.2, -0.15) is 0 Å². The fourth-order valence-corrected chi connectivity index (χ4v) is 2.49. The molecule has 15 heavy (non-hydrogen) atoms. The fourth-order valence-electron chi connectivity index (χ4n) is 2.49. The zero-order valence-corrected chi connectivity index (χ0v) is 8.41. The molecule has 0 saturated carbocycles. The number of para-hydroxylation sites is 1. The predicted octanol–water partition coefficient (Wildman–Crippen LogP) is 2.57. The summed E-state index contributed by atoms with van der Waals surface area (Å²) in [4.78, 5) is 0. The second-order valence-electron chi connectivity index (χ2n) is 4.14. The van der Waals surface area contributed by atoms with Crippen LogP contribution in [0.1, 0.15) is 24.7 Å². The summed E-state index contributed by atoms with van der Waals surface area (Å²) in [5.74, 6) is -0.170. The van der Waals surface area contributed by atoms with Gasteiger partial charge in [0.2, 0.25) is 0 Å². The first-order valence-corrected chi connectivity index (χ1v) is 5.31. The summed E-state index contributed by atoms with van der Waals surface area (Å²) in [5, 5.41) is 0.961. The number of rotatable bonds is 0. The average Bonchev–Trinajstić information content (AvgIpc) is 2.58. The molecule has 0 amide bonds. The Bertz CT molecular complexity index is 516. The van der Waals surface area contributed by atoms with Crippen molar-refractivity contribution in [2.75, 3.05) is 0 Å². The number of nitrogens with two attached hydrogens (primary N) is 1. The van der Waals surface area contributed by atoms with E-state index >= 15 is 0 Å². The van der Waals surface area contributed by atoms with Crippen molar-refractivity contribution in [3.8, 4) is 0 Å². The molecule has 0 radical (unpaired) electrons. The normalized spacial score (nSPS) is 20.5. The third-order valence-electron chi connectivity index (χ3n) is 3.15. The molecule has 2 nitrogen and oxygen atoms in total. The van der Waals surface area contributed by atoms with Gasteiger partial charge in [0.1, 0.15) is 5.82 Å². The first kappa shape index (κ1) is 8.92. The van der Waals surface area contributed by atoms with E-state index in [0.29, 0.717) is 5.52 Å². The molecular weight excluding hydrogens is 191 g/mol. The van der Waals surface area contributed by atoms with Crippen LogP contribution >= 0.6 is 0 Å². The van der Waals surface area contributed by atoms with Crippen molar-refractivity contribution in [1.82, 2.24) is 4.57 Å². The highest BCUT2D eigenvalue weighted by Crippen LogP contribution is 2.30.